The van der Waals surface area contributed by atoms with Crippen molar-refractivity contribution < 1.29 is 14.3 Å². The first-order chi connectivity index (χ1) is 11.1. The Balaban J connectivity index is 1.68. The highest BCUT2D eigenvalue weighted by atomic mass is 35.5. The molecule has 1 heterocycles. The van der Waals surface area contributed by atoms with Gasteiger partial charge in [-0.2, -0.15) is 0 Å². The van der Waals surface area contributed by atoms with Gasteiger partial charge in [-0.25, -0.2) is 0 Å². The van der Waals surface area contributed by atoms with Crippen LogP contribution in [0.1, 0.15) is 10.4 Å². The largest absolute Gasteiger partial charge is 0.379 e. The lowest BCUT2D eigenvalue weighted by Crippen LogP contribution is -2.43. The van der Waals surface area contributed by atoms with Crippen LogP contribution < -0.4 is 10.6 Å². The fraction of sp³-hybridized carbons (Fsp3) is 0.467. The van der Waals surface area contributed by atoms with Gasteiger partial charge in [-0.1, -0.05) is 23.2 Å². The number of nitrogens with zero attached hydrogens (tertiary/aromatic N) is 1. The molecule has 0 atom stereocenters. The quantitative estimate of drug-likeness (QED) is 0.799. The molecule has 1 aliphatic heterocycles. The van der Waals surface area contributed by atoms with Gasteiger partial charge in [0.2, 0.25) is 5.91 Å². The van der Waals surface area contributed by atoms with Crippen molar-refractivity contribution >= 4 is 35.0 Å². The molecule has 0 spiro atoms. The number of morpholine rings is 1. The second-order valence-electron chi connectivity index (χ2n) is 5.11. The predicted octanol–water partition coefficient (Wildman–Crippen LogP) is 1.17. The fourth-order valence-corrected chi connectivity index (χ4v) is 2.66. The van der Waals surface area contributed by atoms with Crippen LogP contribution in [0.5, 0.6) is 0 Å². The molecule has 1 aromatic carbocycles. The van der Waals surface area contributed by atoms with Crippen molar-refractivity contribution in [3.8, 4) is 0 Å². The van der Waals surface area contributed by atoms with Crippen LogP contribution in [-0.2, 0) is 9.53 Å². The normalized spacial score (nSPS) is 15.2. The maximum atomic E-state index is 12.0. The van der Waals surface area contributed by atoms with Crippen LogP contribution in [0.15, 0.2) is 18.2 Å². The summed E-state index contributed by atoms with van der Waals surface area (Å²) in [6.45, 7) is 4.42. The maximum Gasteiger partial charge on any atom is 0.253 e. The Morgan fingerprint density at radius 3 is 2.61 bits per heavy atom. The molecule has 126 valence electrons. The molecule has 0 aliphatic carbocycles. The molecule has 1 aromatic rings. The number of amides is 2. The standard InChI is InChI=1S/C15H19Cl2N3O3/c16-11-1-2-12(13(17)9-11)15(22)19-10-14(21)18-3-4-20-5-7-23-8-6-20/h1-2,9H,3-8,10H2,(H,18,21)(H,19,22). The van der Waals surface area contributed by atoms with Crippen LogP contribution in [0.4, 0.5) is 0 Å². The topological polar surface area (TPSA) is 70.7 Å². The van der Waals surface area contributed by atoms with Crippen molar-refractivity contribution in [2.75, 3.05) is 45.9 Å². The second kappa shape index (κ2) is 9.08. The first-order valence-corrected chi connectivity index (χ1v) is 8.12. The van der Waals surface area contributed by atoms with E-state index in [1.54, 1.807) is 6.07 Å². The molecule has 0 unspecified atom stereocenters. The van der Waals surface area contributed by atoms with Gasteiger partial charge in [0.05, 0.1) is 30.3 Å². The summed E-state index contributed by atoms with van der Waals surface area (Å²) in [7, 11) is 0. The average Bonchev–Trinajstić information content (AvgIpc) is 2.53. The molecular weight excluding hydrogens is 341 g/mol. The first-order valence-electron chi connectivity index (χ1n) is 7.36. The van der Waals surface area contributed by atoms with Crippen LogP contribution in [0.3, 0.4) is 0 Å². The highest BCUT2D eigenvalue weighted by Crippen LogP contribution is 2.20. The van der Waals surface area contributed by atoms with E-state index in [1.165, 1.54) is 12.1 Å². The molecule has 2 amide bonds. The lowest BCUT2D eigenvalue weighted by molar-refractivity contribution is -0.120. The molecule has 0 radical (unpaired) electrons. The number of benzene rings is 1. The van der Waals surface area contributed by atoms with Crippen LogP contribution in [0.25, 0.3) is 0 Å². The number of hydrogen-bond donors (Lipinski definition) is 2. The zero-order valence-electron chi connectivity index (χ0n) is 12.6. The summed E-state index contributed by atoms with van der Waals surface area (Å²) in [5.74, 6) is -0.647. The van der Waals surface area contributed by atoms with Crippen molar-refractivity contribution in [1.82, 2.24) is 15.5 Å². The summed E-state index contributed by atoms with van der Waals surface area (Å²) in [4.78, 5) is 25.9. The maximum absolute atomic E-state index is 12.0. The molecule has 1 aliphatic rings. The van der Waals surface area contributed by atoms with Crippen molar-refractivity contribution in [2.45, 2.75) is 0 Å². The van der Waals surface area contributed by atoms with Crippen LogP contribution in [0.2, 0.25) is 10.0 Å². The molecule has 0 aromatic heterocycles. The van der Waals surface area contributed by atoms with Crippen molar-refractivity contribution in [3.63, 3.8) is 0 Å². The second-order valence-corrected chi connectivity index (χ2v) is 5.95. The van der Waals surface area contributed by atoms with E-state index in [0.29, 0.717) is 11.6 Å². The molecule has 1 saturated heterocycles. The number of carbonyl (C=O) groups is 2. The predicted molar refractivity (Wildman–Crippen MR) is 89.1 cm³/mol. The number of hydrogen-bond acceptors (Lipinski definition) is 4. The van der Waals surface area contributed by atoms with Crippen LogP contribution in [0, 0.1) is 0 Å². The van der Waals surface area contributed by atoms with Gasteiger partial charge in [-0.15, -0.1) is 0 Å². The van der Waals surface area contributed by atoms with E-state index in [1.807, 2.05) is 0 Å². The third-order valence-corrected chi connectivity index (χ3v) is 3.99. The van der Waals surface area contributed by atoms with Crippen LogP contribution in [-0.4, -0.2) is 62.7 Å². The van der Waals surface area contributed by atoms with Gasteiger partial charge in [-0.3, -0.25) is 14.5 Å². The van der Waals surface area contributed by atoms with E-state index in [0.717, 1.165) is 32.8 Å². The number of ether oxygens (including phenoxy) is 1. The Kier molecular flexibility index (Phi) is 7.11. The number of halogens is 2. The van der Waals surface area contributed by atoms with Gasteiger partial charge in [-0.05, 0) is 18.2 Å². The van der Waals surface area contributed by atoms with Crippen molar-refractivity contribution in [3.05, 3.63) is 33.8 Å². The molecule has 0 bridgehead atoms. The van der Waals surface area contributed by atoms with E-state index in [9.17, 15) is 9.59 Å². The highest BCUT2D eigenvalue weighted by Gasteiger charge is 2.13. The minimum Gasteiger partial charge on any atom is -0.379 e. The first kappa shape index (κ1) is 18.0. The summed E-state index contributed by atoms with van der Waals surface area (Å²) in [5.41, 5.74) is 0.289. The fourth-order valence-electron chi connectivity index (χ4n) is 2.17. The number of rotatable bonds is 6. The summed E-state index contributed by atoms with van der Waals surface area (Å²) in [6, 6.07) is 4.58. The summed E-state index contributed by atoms with van der Waals surface area (Å²) >= 11 is 11.7. The monoisotopic (exact) mass is 359 g/mol. The van der Waals surface area contributed by atoms with Crippen LogP contribution >= 0.6 is 23.2 Å². The Bertz CT molecular complexity index is 563. The zero-order valence-corrected chi connectivity index (χ0v) is 14.1. The Morgan fingerprint density at radius 2 is 1.91 bits per heavy atom. The summed E-state index contributed by atoms with van der Waals surface area (Å²) < 4.78 is 5.26. The smallest absolute Gasteiger partial charge is 0.253 e. The van der Waals surface area contributed by atoms with E-state index in [2.05, 4.69) is 15.5 Å². The summed E-state index contributed by atoms with van der Waals surface area (Å²) in [6.07, 6.45) is 0. The molecule has 8 heteroatoms. The lowest BCUT2D eigenvalue weighted by Gasteiger charge is -2.26. The van der Waals surface area contributed by atoms with E-state index in [-0.39, 0.29) is 23.0 Å². The van der Waals surface area contributed by atoms with Crippen molar-refractivity contribution in [2.24, 2.45) is 0 Å². The molecule has 2 rings (SSSR count). The minimum absolute atomic E-state index is 0.0963. The minimum atomic E-state index is -0.407. The van der Waals surface area contributed by atoms with Gasteiger partial charge in [0.25, 0.3) is 5.91 Å². The molecule has 2 N–H and O–H groups in total. The van der Waals surface area contributed by atoms with E-state index in [4.69, 9.17) is 27.9 Å². The number of nitrogens with one attached hydrogen (secondary N) is 2. The van der Waals surface area contributed by atoms with E-state index >= 15 is 0 Å². The molecule has 0 saturated carbocycles. The van der Waals surface area contributed by atoms with Gasteiger partial charge in [0.1, 0.15) is 0 Å². The van der Waals surface area contributed by atoms with Gasteiger partial charge in [0, 0.05) is 31.2 Å². The lowest BCUT2D eigenvalue weighted by atomic mass is 10.2. The Morgan fingerprint density at radius 1 is 1.17 bits per heavy atom. The zero-order chi connectivity index (χ0) is 16.7. The third kappa shape index (κ3) is 5.99. The van der Waals surface area contributed by atoms with Gasteiger partial charge < -0.3 is 15.4 Å². The summed E-state index contributed by atoms with van der Waals surface area (Å²) in [5, 5.41) is 6.01. The Labute approximate surface area is 145 Å². The van der Waals surface area contributed by atoms with E-state index < -0.39 is 5.91 Å². The van der Waals surface area contributed by atoms with Gasteiger partial charge >= 0.3 is 0 Å². The Hall–Kier alpha value is -1.34. The molecule has 6 nitrogen and oxygen atoms in total. The third-order valence-electron chi connectivity index (χ3n) is 3.44. The highest BCUT2D eigenvalue weighted by molar-refractivity contribution is 6.36. The van der Waals surface area contributed by atoms with Gasteiger partial charge in [0.15, 0.2) is 0 Å². The van der Waals surface area contributed by atoms with Crippen molar-refractivity contribution in [1.29, 1.82) is 0 Å². The number of carbonyl (C=O) groups excluding carboxylic acids is 2. The molecule has 23 heavy (non-hydrogen) atoms. The molecular formula is C15H19Cl2N3O3. The average molecular weight is 360 g/mol. The SMILES string of the molecule is O=C(CNC(=O)c1ccc(Cl)cc1Cl)NCCN1CCOCC1. The molecule has 1 fully saturated rings.